The predicted molar refractivity (Wildman–Crippen MR) is 96.4 cm³/mol. The van der Waals surface area contributed by atoms with E-state index in [1.54, 1.807) is 12.1 Å². The monoisotopic (exact) mass is 355 g/mol. The zero-order chi connectivity index (χ0) is 18.3. The molecule has 134 valence electrons. The number of anilines is 1. The lowest BCUT2D eigenvalue weighted by Gasteiger charge is -2.15. The minimum absolute atomic E-state index is 0.144. The van der Waals surface area contributed by atoms with Crippen LogP contribution in [0.15, 0.2) is 12.1 Å². The summed E-state index contributed by atoms with van der Waals surface area (Å²) >= 11 is 6.03. The van der Waals surface area contributed by atoms with E-state index >= 15 is 0 Å². The molecule has 0 aliphatic heterocycles. The van der Waals surface area contributed by atoms with Crippen molar-refractivity contribution in [2.45, 2.75) is 39.7 Å². The smallest absolute Gasteiger partial charge is 0.236 e. The second kappa shape index (κ2) is 9.49. The number of benzene rings is 1. The molecule has 1 rings (SSSR count). The van der Waals surface area contributed by atoms with E-state index in [1.165, 1.54) is 7.11 Å². The molecule has 0 spiro atoms. The van der Waals surface area contributed by atoms with Crippen molar-refractivity contribution >= 4 is 29.1 Å². The molecular formula is C17H26ClN3O3. The summed E-state index contributed by atoms with van der Waals surface area (Å²) in [4.78, 5) is 23.8. The molecule has 7 heteroatoms. The molecular weight excluding hydrogens is 330 g/mol. The molecule has 0 heterocycles. The van der Waals surface area contributed by atoms with Gasteiger partial charge in [0.25, 0.3) is 0 Å². The number of hydrogen-bond acceptors (Lipinski definition) is 4. The number of amides is 2. The Balaban J connectivity index is 2.50. The third-order valence-electron chi connectivity index (χ3n) is 3.47. The maximum Gasteiger partial charge on any atom is 0.236 e. The fraction of sp³-hybridized carbons (Fsp3) is 0.529. The maximum atomic E-state index is 12.0. The van der Waals surface area contributed by atoms with Crippen LogP contribution in [0, 0.1) is 12.8 Å². The molecule has 2 amide bonds. The summed E-state index contributed by atoms with van der Waals surface area (Å²) in [6.07, 6.45) is 0.754. The molecule has 24 heavy (non-hydrogen) atoms. The summed E-state index contributed by atoms with van der Waals surface area (Å²) in [6, 6.07) is 2.85. The number of aryl methyl sites for hydroxylation is 1. The van der Waals surface area contributed by atoms with Crippen molar-refractivity contribution in [3.8, 4) is 5.75 Å². The number of rotatable bonds is 8. The van der Waals surface area contributed by atoms with Crippen LogP contribution in [-0.2, 0) is 9.59 Å². The Morgan fingerprint density at radius 3 is 2.58 bits per heavy atom. The average molecular weight is 356 g/mol. The van der Waals surface area contributed by atoms with Gasteiger partial charge in [0.15, 0.2) is 0 Å². The Bertz CT molecular complexity index is 591. The van der Waals surface area contributed by atoms with Crippen LogP contribution in [0.1, 0.15) is 32.3 Å². The van der Waals surface area contributed by atoms with Crippen molar-refractivity contribution in [3.05, 3.63) is 22.7 Å². The molecule has 0 saturated heterocycles. The Labute approximate surface area is 148 Å². The molecule has 1 aromatic carbocycles. The standard InChI is InChI=1S/C17H26ClN3O3/c1-10(2)7-13(19)17(23)20-6-5-16(22)21-14-8-11(3)12(18)9-15(14)24-4/h8-10,13H,5-7,19H2,1-4H3,(H,20,23)(H,21,22)/t13-/m0/s1. The van der Waals surface area contributed by atoms with Crippen molar-refractivity contribution in [2.75, 3.05) is 19.0 Å². The fourth-order valence-corrected chi connectivity index (χ4v) is 2.34. The van der Waals surface area contributed by atoms with Gasteiger partial charge in [0.05, 0.1) is 18.8 Å². The molecule has 0 saturated carbocycles. The van der Waals surface area contributed by atoms with Gasteiger partial charge in [0.1, 0.15) is 5.75 Å². The maximum absolute atomic E-state index is 12.0. The highest BCUT2D eigenvalue weighted by Gasteiger charge is 2.15. The van der Waals surface area contributed by atoms with Crippen molar-refractivity contribution in [3.63, 3.8) is 0 Å². The first-order valence-electron chi connectivity index (χ1n) is 7.91. The Morgan fingerprint density at radius 2 is 2.00 bits per heavy atom. The molecule has 0 fully saturated rings. The third kappa shape index (κ3) is 6.37. The number of carbonyl (C=O) groups is 2. The zero-order valence-electron chi connectivity index (χ0n) is 14.6. The summed E-state index contributed by atoms with van der Waals surface area (Å²) in [5, 5.41) is 6.00. The van der Waals surface area contributed by atoms with Gasteiger partial charge in [-0.25, -0.2) is 0 Å². The quantitative estimate of drug-likeness (QED) is 0.667. The SMILES string of the molecule is COc1cc(Cl)c(C)cc1NC(=O)CCNC(=O)[C@@H](N)CC(C)C. The van der Waals surface area contributed by atoms with E-state index in [0.29, 0.717) is 28.8 Å². The van der Waals surface area contributed by atoms with Gasteiger partial charge in [-0.1, -0.05) is 25.4 Å². The van der Waals surface area contributed by atoms with E-state index in [1.807, 2.05) is 20.8 Å². The number of hydrogen-bond donors (Lipinski definition) is 3. The Hall–Kier alpha value is -1.79. The van der Waals surface area contributed by atoms with Gasteiger partial charge in [0, 0.05) is 24.1 Å². The van der Waals surface area contributed by atoms with Crippen molar-refractivity contribution in [1.29, 1.82) is 0 Å². The third-order valence-corrected chi connectivity index (χ3v) is 3.88. The summed E-state index contributed by atoms with van der Waals surface area (Å²) < 4.78 is 5.21. The highest BCUT2D eigenvalue weighted by molar-refractivity contribution is 6.31. The largest absolute Gasteiger partial charge is 0.495 e. The lowest BCUT2D eigenvalue weighted by Crippen LogP contribution is -2.42. The first-order valence-corrected chi connectivity index (χ1v) is 8.29. The van der Waals surface area contributed by atoms with Gasteiger partial charge >= 0.3 is 0 Å². The molecule has 4 N–H and O–H groups in total. The van der Waals surface area contributed by atoms with Gasteiger partial charge in [-0.2, -0.15) is 0 Å². The van der Waals surface area contributed by atoms with Crippen LogP contribution in [0.25, 0.3) is 0 Å². The van der Waals surface area contributed by atoms with E-state index in [4.69, 9.17) is 22.1 Å². The fourth-order valence-electron chi connectivity index (χ4n) is 2.19. The summed E-state index contributed by atoms with van der Waals surface area (Å²) in [5.41, 5.74) is 7.17. The molecule has 1 aromatic rings. The summed E-state index contributed by atoms with van der Waals surface area (Å²) in [6.45, 7) is 6.07. The highest BCUT2D eigenvalue weighted by atomic mass is 35.5. The predicted octanol–water partition coefficient (Wildman–Crippen LogP) is 2.48. The lowest BCUT2D eigenvalue weighted by molar-refractivity contribution is -0.122. The number of carbonyl (C=O) groups excluding carboxylic acids is 2. The van der Waals surface area contributed by atoms with Crippen LogP contribution < -0.4 is 21.1 Å². The van der Waals surface area contributed by atoms with Crippen LogP contribution >= 0.6 is 11.6 Å². The number of nitrogens with one attached hydrogen (secondary N) is 2. The van der Waals surface area contributed by atoms with Crippen LogP contribution in [0.2, 0.25) is 5.02 Å². The van der Waals surface area contributed by atoms with E-state index in [2.05, 4.69) is 10.6 Å². The van der Waals surface area contributed by atoms with Crippen LogP contribution in [-0.4, -0.2) is 31.5 Å². The molecule has 0 bridgehead atoms. The molecule has 1 atom stereocenters. The number of halogens is 1. The van der Waals surface area contributed by atoms with Gasteiger partial charge in [-0.15, -0.1) is 0 Å². The molecule has 0 aromatic heterocycles. The molecule has 0 aliphatic carbocycles. The normalized spacial score (nSPS) is 12.0. The van der Waals surface area contributed by atoms with Crippen molar-refractivity contribution in [1.82, 2.24) is 5.32 Å². The van der Waals surface area contributed by atoms with E-state index in [-0.39, 0.29) is 24.8 Å². The first-order chi connectivity index (χ1) is 11.2. The van der Waals surface area contributed by atoms with E-state index in [0.717, 1.165) is 5.56 Å². The Morgan fingerprint density at radius 1 is 1.33 bits per heavy atom. The molecule has 0 aliphatic rings. The summed E-state index contributed by atoms with van der Waals surface area (Å²) in [5.74, 6) is 0.362. The van der Waals surface area contributed by atoms with Crippen molar-refractivity contribution < 1.29 is 14.3 Å². The zero-order valence-corrected chi connectivity index (χ0v) is 15.4. The van der Waals surface area contributed by atoms with Crippen molar-refractivity contribution in [2.24, 2.45) is 11.7 Å². The minimum Gasteiger partial charge on any atom is -0.495 e. The van der Waals surface area contributed by atoms with Crippen LogP contribution in [0.5, 0.6) is 5.75 Å². The van der Waals surface area contributed by atoms with Gasteiger partial charge < -0.3 is 21.1 Å². The molecule has 0 unspecified atom stereocenters. The average Bonchev–Trinajstić information content (AvgIpc) is 2.49. The van der Waals surface area contributed by atoms with Gasteiger partial charge in [-0.05, 0) is 30.9 Å². The first kappa shape index (κ1) is 20.3. The second-order valence-corrected chi connectivity index (χ2v) is 6.53. The number of ether oxygens (including phenoxy) is 1. The second-order valence-electron chi connectivity index (χ2n) is 6.13. The minimum atomic E-state index is -0.549. The summed E-state index contributed by atoms with van der Waals surface area (Å²) in [7, 11) is 1.51. The van der Waals surface area contributed by atoms with Crippen LogP contribution in [0.4, 0.5) is 5.69 Å². The number of methoxy groups -OCH3 is 1. The van der Waals surface area contributed by atoms with Crippen LogP contribution in [0.3, 0.4) is 0 Å². The molecule has 0 radical (unpaired) electrons. The van der Waals surface area contributed by atoms with Gasteiger partial charge in [0.2, 0.25) is 11.8 Å². The highest BCUT2D eigenvalue weighted by Crippen LogP contribution is 2.30. The van der Waals surface area contributed by atoms with E-state index < -0.39 is 6.04 Å². The lowest BCUT2D eigenvalue weighted by atomic mass is 10.0. The molecule has 6 nitrogen and oxygen atoms in total. The Kier molecular flexibility index (Phi) is 8.01. The number of nitrogens with two attached hydrogens (primary N) is 1. The topological polar surface area (TPSA) is 93.5 Å². The van der Waals surface area contributed by atoms with E-state index in [9.17, 15) is 9.59 Å². The van der Waals surface area contributed by atoms with Gasteiger partial charge in [-0.3, -0.25) is 9.59 Å².